The lowest BCUT2D eigenvalue weighted by atomic mass is 9.93. The molecule has 0 radical (unpaired) electrons. The minimum Gasteiger partial charge on any atom is -0.381 e. The van der Waals surface area contributed by atoms with Crippen molar-refractivity contribution in [3.63, 3.8) is 0 Å². The Bertz CT molecular complexity index is 491. The van der Waals surface area contributed by atoms with Gasteiger partial charge < -0.3 is 10.1 Å². The number of aryl methyl sites for hydroxylation is 2. The summed E-state index contributed by atoms with van der Waals surface area (Å²) in [6.45, 7) is 4.47. The summed E-state index contributed by atoms with van der Waals surface area (Å²) in [5.74, 6) is 1.11. The number of aromatic nitrogens is 2. The van der Waals surface area contributed by atoms with Gasteiger partial charge in [0.15, 0.2) is 5.17 Å². The van der Waals surface area contributed by atoms with Crippen LogP contribution in [0.1, 0.15) is 24.1 Å². The number of ether oxygens (including phenoxy) is 1. The molecule has 0 saturated carbocycles. The molecule has 2 aliphatic rings. The Hall–Kier alpha value is -1.01. The molecule has 0 unspecified atom stereocenters. The number of amidine groups is 1. The first-order valence-corrected chi connectivity index (χ1v) is 7.68. The standard InChI is InChI=1S/C13H20N4OS/c1-10-11(8-17(2)16-10)7-14-12-15-13(9-19-12)3-5-18-6-4-13/h8H,3-7,9H2,1-2H3,(H,14,15). The van der Waals surface area contributed by atoms with Crippen LogP contribution in [0.4, 0.5) is 0 Å². The summed E-state index contributed by atoms with van der Waals surface area (Å²) in [6, 6.07) is 0. The normalized spacial score (nSPS) is 24.0. The van der Waals surface area contributed by atoms with Crippen molar-refractivity contribution < 1.29 is 4.74 Å². The van der Waals surface area contributed by atoms with E-state index in [-0.39, 0.29) is 5.54 Å². The molecule has 6 heteroatoms. The van der Waals surface area contributed by atoms with Crippen molar-refractivity contribution in [3.05, 3.63) is 17.5 Å². The molecule has 1 spiro atoms. The van der Waals surface area contributed by atoms with Crippen molar-refractivity contribution >= 4 is 16.9 Å². The zero-order valence-corrected chi connectivity index (χ0v) is 12.3. The molecule has 3 heterocycles. The molecule has 1 aromatic heterocycles. The molecule has 0 aliphatic carbocycles. The van der Waals surface area contributed by atoms with Gasteiger partial charge in [0, 0.05) is 37.8 Å². The van der Waals surface area contributed by atoms with Crippen LogP contribution in [0.15, 0.2) is 11.2 Å². The van der Waals surface area contributed by atoms with Gasteiger partial charge >= 0.3 is 0 Å². The van der Waals surface area contributed by atoms with E-state index in [0.717, 1.165) is 42.7 Å². The fourth-order valence-corrected chi connectivity index (χ4v) is 3.80. The third kappa shape index (κ3) is 2.79. The second-order valence-corrected chi connectivity index (χ2v) is 6.31. The highest BCUT2D eigenvalue weighted by atomic mass is 32.2. The second kappa shape index (κ2) is 5.17. The van der Waals surface area contributed by atoms with Gasteiger partial charge in [-0.2, -0.15) is 5.10 Å². The van der Waals surface area contributed by atoms with Gasteiger partial charge in [0.25, 0.3) is 0 Å². The molecule has 0 amide bonds. The Labute approximate surface area is 117 Å². The highest BCUT2D eigenvalue weighted by Gasteiger charge is 2.38. The van der Waals surface area contributed by atoms with Crippen molar-refractivity contribution in [2.45, 2.75) is 31.8 Å². The Morgan fingerprint density at radius 1 is 1.53 bits per heavy atom. The van der Waals surface area contributed by atoms with E-state index in [1.807, 2.05) is 36.6 Å². The minimum atomic E-state index is 0.228. The Kier molecular flexibility index (Phi) is 3.54. The summed E-state index contributed by atoms with van der Waals surface area (Å²) in [6.07, 6.45) is 4.22. The molecule has 2 fully saturated rings. The smallest absolute Gasteiger partial charge is 0.157 e. The fraction of sp³-hybridized carbons (Fsp3) is 0.692. The van der Waals surface area contributed by atoms with Crippen LogP contribution >= 0.6 is 11.8 Å². The zero-order valence-electron chi connectivity index (χ0n) is 11.5. The Morgan fingerprint density at radius 2 is 2.32 bits per heavy atom. The van der Waals surface area contributed by atoms with Crippen molar-refractivity contribution in [1.82, 2.24) is 15.1 Å². The summed E-state index contributed by atoms with van der Waals surface area (Å²) in [5.41, 5.74) is 2.49. The van der Waals surface area contributed by atoms with E-state index in [1.165, 1.54) is 5.56 Å². The van der Waals surface area contributed by atoms with Crippen molar-refractivity contribution in [3.8, 4) is 0 Å². The number of nitrogens with zero attached hydrogens (tertiary/aromatic N) is 3. The topological polar surface area (TPSA) is 51.4 Å². The first-order valence-electron chi connectivity index (χ1n) is 6.69. The quantitative estimate of drug-likeness (QED) is 0.891. The molecule has 1 aromatic rings. The summed E-state index contributed by atoms with van der Waals surface area (Å²) >= 11 is 1.84. The Balaban J connectivity index is 1.64. The van der Waals surface area contributed by atoms with Crippen molar-refractivity contribution in [2.24, 2.45) is 12.0 Å². The fourth-order valence-electron chi connectivity index (χ4n) is 2.58. The predicted molar refractivity (Wildman–Crippen MR) is 77.5 cm³/mol. The molecule has 2 aliphatic heterocycles. The van der Waals surface area contributed by atoms with E-state index in [9.17, 15) is 0 Å². The average molecular weight is 280 g/mol. The number of hydrogen-bond acceptors (Lipinski definition) is 4. The van der Waals surface area contributed by atoms with Gasteiger partial charge in [-0.1, -0.05) is 11.8 Å². The highest BCUT2D eigenvalue weighted by Crippen LogP contribution is 2.31. The van der Waals surface area contributed by atoms with Crippen molar-refractivity contribution in [1.29, 1.82) is 0 Å². The number of aliphatic imine (C=N–C) groups is 1. The summed E-state index contributed by atoms with van der Waals surface area (Å²) in [5, 5.41) is 9.03. The van der Waals surface area contributed by atoms with Gasteiger partial charge in [-0.3, -0.25) is 9.67 Å². The van der Waals surface area contributed by atoms with Gasteiger partial charge in [-0.05, 0) is 19.8 Å². The summed E-state index contributed by atoms with van der Waals surface area (Å²) in [7, 11) is 1.95. The van der Waals surface area contributed by atoms with Crippen LogP contribution in [0.2, 0.25) is 0 Å². The van der Waals surface area contributed by atoms with E-state index >= 15 is 0 Å². The monoisotopic (exact) mass is 280 g/mol. The largest absolute Gasteiger partial charge is 0.381 e. The maximum Gasteiger partial charge on any atom is 0.157 e. The molecule has 2 saturated heterocycles. The lowest BCUT2D eigenvalue weighted by Gasteiger charge is -2.32. The maximum absolute atomic E-state index is 5.44. The molecule has 0 aromatic carbocycles. The first-order chi connectivity index (χ1) is 9.17. The third-order valence-electron chi connectivity index (χ3n) is 3.82. The van der Waals surface area contributed by atoms with Gasteiger partial charge in [0.2, 0.25) is 0 Å². The molecule has 0 bridgehead atoms. The van der Waals surface area contributed by atoms with Crippen LogP contribution in [0.5, 0.6) is 0 Å². The van der Waals surface area contributed by atoms with Crippen LogP contribution in [0.3, 0.4) is 0 Å². The molecule has 19 heavy (non-hydrogen) atoms. The molecule has 0 atom stereocenters. The number of hydrogen-bond donors (Lipinski definition) is 1. The summed E-state index contributed by atoms with van der Waals surface area (Å²) < 4.78 is 7.29. The molecule has 104 valence electrons. The molecule has 3 rings (SSSR count). The van der Waals surface area contributed by atoms with Gasteiger partial charge in [0.1, 0.15) is 0 Å². The summed E-state index contributed by atoms with van der Waals surface area (Å²) in [4.78, 5) is 4.69. The molecule has 5 nitrogen and oxygen atoms in total. The third-order valence-corrected chi connectivity index (χ3v) is 5.02. The second-order valence-electron chi connectivity index (χ2n) is 5.34. The average Bonchev–Trinajstić information content (AvgIpc) is 2.92. The minimum absolute atomic E-state index is 0.228. The zero-order chi connectivity index (χ0) is 13.3. The maximum atomic E-state index is 5.44. The van der Waals surface area contributed by atoms with Crippen LogP contribution in [-0.4, -0.2) is 39.5 Å². The van der Waals surface area contributed by atoms with Gasteiger partial charge in [-0.15, -0.1) is 0 Å². The molecule has 1 N–H and O–H groups in total. The van der Waals surface area contributed by atoms with Crippen LogP contribution in [-0.2, 0) is 18.3 Å². The van der Waals surface area contributed by atoms with E-state index in [1.54, 1.807) is 0 Å². The van der Waals surface area contributed by atoms with Crippen LogP contribution in [0, 0.1) is 6.92 Å². The molecular formula is C13H20N4OS. The van der Waals surface area contributed by atoms with Crippen LogP contribution in [0.25, 0.3) is 0 Å². The number of rotatable bonds is 2. The number of thioether (sulfide) groups is 1. The predicted octanol–water partition coefficient (Wildman–Crippen LogP) is 1.47. The van der Waals surface area contributed by atoms with Gasteiger partial charge in [0.05, 0.1) is 17.8 Å². The lowest BCUT2D eigenvalue weighted by molar-refractivity contribution is 0.0555. The van der Waals surface area contributed by atoms with Crippen LogP contribution < -0.4 is 5.32 Å². The molecular weight excluding hydrogens is 260 g/mol. The first kappa shape index (κ1) is 13.0. The lowest BCUT2D eigenvalue weighted by Crippen LogP contribution is -2.48. The Morgan fingerprint density at radius 3 is 3.00 bits per heavy atom. The van der Waals surface area contributed by atoms with E-state index < -0.39 is 0 Å². The number of nitrogens with one attached hydrogen (secondary N) is 1. The van der Waals surface area contributed by atoms with Crippen molar-refractivity contribution in [2.75, 3.05) is 19.0 Å². The highest BCUT2D eigenvalue weighted by molar-refractivity contribution is 8.14. The van der Waals surface area contributed by atoms with Gasteiger partial charge in [-0.25, -0.2) is 0 Å². The van der Waals surface area contributed by atoms with E-state index in [0.29, 0.717) is 6.54 Å². The van der Waals surface area contributed by atoms with E-state index in [4.69, 9.17) is 9.73 Å². The van der Waals surface area contributed by atoms with E-state index in [2.05, 4.69) is 10.4 Å². The SMILES string of the molecule is Cc1nn(C)cc1CN=C1NC2(CCOCC2)CS1.